The lowest BCUT2D eigenvalue weighted by atomic mass is 9.87. The van der Waals surface area contributed by atoms with Gasteiger partial charge in [0, 0.05) is 16.5 Å². The summed E-state index contributed by atoms with van der Waals surface area (Å²) in [6.07, 6.45) is 0. The summed E-state index contributed by atoms with van der Waals surface area (Å²) >= 11 is 0. The summed E-state index contributed by atoms with van der Waals surface area (Å²) in [6.45, 7) is 9.99. The van der Waals surface area contributed by atoms with E-state index >= 15 is 0 Å². The predicted molar refractivity (Wildman–Crippen MR) is 195 cm³/mol. The van der Waals surface area contributed by atoms with Gasteiger partial charge in [0.1, 0.15) is 12.3 Å². The van der Waals surface area contributed by atoms with Gasteiger partial charge in [-0.25, -0.2) is 0 Å². The number of fused-ring (bicyclic) bond motifs is 4. The number of para-hydroxylation sites is 4. The molecule has 3 nitrogen and oxygen atoms in total. The van der Waals surface area contributed by atoms with Crippen LogP contribution in [0.25, 0.3) is 44.2 Å². The van der Waals surface area contributed by atoms with Gasteiger partial charge in [-0.05, 0) is 81.6 Å². The zero-order chi connectivity index (χ0) is 31.4. The molecule has 0 spiro atoms. The Kier molecular flexibility index (Phi) is 6.91. The second-order valence-corrected chi connectivity index (χ2v) is 13.0. The van der Waals surface area contributed by atoms with Crippen LogP contribution < -0.4 is 9.80 Å². The highest BCUT2D eigenvalue weighted by Crippen LogP contribution is 2.50. The number of hydrogen-bond acceptors (Lipinski definition) is 3. The molecule has 2 heterocycles. The molecular weight excluding hydrogens is 560 g/mol. The van der Waals surface area contributed by atoms with Crippen LogP contribution in [0, 0.1) is 0 Å². The molecule has 7 aromatic rings. The normalized spacial score (nSPS) is 13.0. The highest BCUT2D eigenvalue weighted by Gasteiger charge is 2.33. The lowest BCUT2D eigenvalue weighted by Crippen LogP contribution is -2.26. The molecule has 6 aromatic carbocycles. The molecule has 8 rings (SSSR count). The van der Waals surface area contributed by atoms with Crippen molar-refractivity contribution in [2.24, 2.45) is 0 Å². The Bertz CT molecular complexity index is 2160. The maximum absolute atomic E-state index is 6.52. The van der Waals surface area contributed by atoms with E-state index in [0.29, 0.717) is 18.5 Å². The lowest BCUT2D eigenvalue weighted by molar-refractivity contribution is 0.668. The van der Waals surface area contributed by atoms with E-state index in [1.54, 1.807) is 0 Å². The van der Waals surface area contributed by atoms with Gasteiger partial charge in [0.15, 0.2) is 5.58 Å². The van der Waals surface area contributed by atoms with E-state index in [9.17, 15) is 0 Å². The first kappa shape index (κ1) is 28.2. The van der Waals surface area contributed by atoms with Gasteiger partial charge >= 0.3 is 0 Å². The van der Waals surface area contributed by atoms with Crippen molar-refractivity contribution in [2.45, 2.75) is 39.5 Å². The van der Waals surface area contributed by atoms with Gasteiger partial charge in [-0.2, -0.15) is 0 Å². The van der Waals surface area contributed by atoms with Crippen LogP contribution in [0.5, 0.6) is 0 Å². The van der Waals surface area contributed by atoms with E-state index in [1.165, 1.54) is 50.4 Å². The monoisotopic (exact) mass is 598 g/mol. The molecule has 1 aromatic heterocycles. The first-order valence-corrected chi connectivity index (χ1v) is 16.4. The van der Waals surface area contributed by atoms with Crippen LogP contribution in [0.3, 0.4) is 0 Å². The molecule has 0 atom stereocenters. The van der Waals surface area contributed by atoms with Crippen molar-refractivity contribution in [3.8, 4) is 22.3 Å². The summed E-state index contributed by atoms with van der Waals surface area (Å²) in [5, 5.41) is 2.30. The van der Waals surface area contributed by atoms with Crippen LogP contribution in [-0.2, 0) is 0 Å². The fourth-order valence-corrected chi connectivity index (χ4v) is 7.08. The van der Waals surface area contributed by atoms with Crippen LogP contribution in [0.15, 0.2) is 138 Å². The fourth-order valence-electron chi connectivity index (χ4n) is 7.08. The Morgan fingerprint density at radius 1 is 0.478 bits per heavy atom. The van der Waals surface area contributed by atoms with Crippen LogP contribution in [-0.4, -0.2) is 6.67 Å². The van der Waals surface area contributed by atoms with Gasteiger partial charge in [-0.1, -0.05) is 125 Å². The molecule has 0 saturated heterocycles. The lowest BCUT2D eigenvalue weighted by Gasteiger charge is -2.30. The van der Waals surface area contributed by atoms with Gasteiger partial charge in [-0.15, -0.1) is 0 Å². The summed E-state index contributed by atoms with van der Waals surface area (Å²) in [6, 6.07) is 48.1. The van der Waals surface area contributed by atoms with Crippen molar-refractivity contribution in [3.63, 3.8) is 0 Å². The zero-order valence-corrected chi connectivity index (χ0v) is 26.9. The van der Waals surface area contributed by atoms with Gasteiger partial charge in [-0.3, -0.25) is 0 Å². The van der Waals surface area contributed by atoms with Crippen molar-refractivity contribution in [1.29, 1.82) is 0 Å². The zero-order valence-electron chi connectivity index (χ0n) is 26.9. The summed E-state index contributed by atoms with van der Waals surface area (Å²) in [5.41, 5.74) is 14.4. The Balaban J connectivity index is 1.25. The number of hydrogen-bond donors (Lipinski definition) is 0. The van der Waals surface area contributed by atoms with Gasteiger partial charge < -0.3 is 14.2 Å². The fraction of sp³-hybridized carbons (Fsp3) is 0.163. The van der Waals surface area contributed by atoms with E-state index in [-0.39, 0.29) is 0 Å². The largest absolute Gasteiger partial charge is 0.454 e. The number of furan rings is 1. The summed E-state index contributed by atoms with van der Waals surface area (Å²) in [7, 11) is 0. The molecule has 0 N–H and O–H groups in total. The summed E-state index contributed by atoms with van der Waals surface area (Å²) < 4.78 is 6.52. The standard InChI is InChI=1S/C43H38N2O/c1-28(2)36-25-33(32-23-21-31(22-24-32)30-13-6-5-7-14-30)26-37(29(3)4)42(36)45-27-44(38-17-9-10-18-39(38)45)40-19-12-16-35-34-15-8-11-20-41(34)46-43(35)40/h5-26,28-29H,27H2,1-4H3. The minimum absolute atomic E-state index is 0.344. The first-order valence-electron chi connectivity index (χ1n) is 16.4. The van der Waals surface area contributed by atoms with Crippen LogP contribution in [0.1, 0.15) is 50.7 Å². The van der Waals surface area contributed by atoms with Crippen molar-refractivity contribution < 1.29 is 4.42 Å². The molecule has 3 heteroatoms. The molecule has 1 aliphatic rings. The number of anilines is 4. The van der Waals surface area contributed by atoms with Crippen molar-refractivity contribution in [3.05, 3.63) is 145 Å². The van der Waals surface area contributed by atoms with Gasteiger partial charge in [0.25, 0.3) is 0 Å². The minimum atomic E-state index is 0.344. The molecule has 0 unspecified atom stereocenters. The molecule has 46 heavy (non-hydrogen) atoms. The highest BCUT2D eigenvalue weighted by molar-refractivity contribution is 6.10. The SMILES string of the molecule is CC(C)c1cc(-c2ccc(-c3ccccc3)cc2)cc(C(C)C)c1N1CN(c2cccc3c2oc2ccccc23)c2ccccc21. The molecule has 226 valence electrons. The summed E-state index contributed by atoms with van der Waals surface area (Å²) in [4.78, 5) is 4.95. The third kappa shape index (κ3) is 4.66. The Hall–Kier alpha value is -5.28. The van der Waals surface area contributed by atoms with Crippen LogP contribution in [0.4, 0.5) is 22.7 Å². The maximum atomic E-state index is 6.52. The van der Waals surface area contributed by atoms with Crippen molar-refractivity contribution in [1.82, 2.24) is 0 Å². The number of nitrogens with zero attached hydrogens (tertiary/aromatic N) is 2. The molecule has 0 bridgehead atoms. The van der Waals surface area contributed by atoms with Gasteiger partial charge in [0.2, 0.25) is 0 Å². The molecular formula is C43H38N2O. The van der Waals surface area contributed by atoms with Crippen LogP contribution >= 0.6 is 0 Å². The number of benzene rings is 6. The van der Waals surface area contributed by atoms with Gasteiger partial charge in [0.05, 0.1) is 17.1 Å². The quantitative estimate of drug-likeness (QED) is 0.190. The second kappa shape index (κ2) is 11.3. The molecule has 1 aliphatic heterocycles. The topological polar surface area (TPSA) is 19.6 Å². The molecule has 0 amide bonds. The predicted octanol–water partition coefficient (Wildman–Crippen LogP) is 12.4. The summed E-state index contributed by atoms with van der Waals surface area (Å²) in [5.74, 6) is 0.687. The molecule has 0 radical (unpaired) electrons. The third-order valence-corrected chi connectivity index (χ3v) is 9.43. The van der Waals surface area contributed by atoms with Crippen molar-refractivity contribution >= 4 is 44.7 Å². The Morgan fingerprint density at radius 3 is 1.67 bits per heavy atom. The first-order chi connectivity index (χ1) is 22.5. The van der Waals surface area contributed by atoms with Crippen LogP contribution in [0.2, 0.25) is 0 Å². The van der Waals surface area contributed by atoms with E-state index in [4.69, 9.17) is 4.42 Å². The minimum Gasteiger partial charge on any atom is -0.454 e. The second-order valence-electron chi connectivity index (χ2n) is 13.0. The van der Waals surface area contributed by atoms with E-state index in [1.807, 2.05) is 6.07 Å². The molecule has 0 aliphatic carbocycles. The average molecular weight is 599 g/mol. The van der Waals surface area contributed by atoms with E-state index in [0.717, 1.165) is 27.6 Å². The number of rotatable bonds is 6. The van der Waals surface area contributed by atoms with Crippen molar-refractivity contribution in [2.75, 3.05) is 16.5 Å². The Labute approximate surface area is 271 Å². The third-order valence-electron chi connectivity index (χ3n) is 9.43. The molecule has 0 fully saturated rings. The smallest absolute Gasteiger partial charge is 0.159 e. The average Bonchev–Trinajstić information content (AvgIpc) is 3.67. The van der Waals surface area contributed by atoms with E-state index < -0.39 is 0 Å². The maximum Gasteiger partial charge on any atom is 0.159 e. The Morgan fingerprint density at radius 2 is 1.00 bits per heavy atom. The highest BCUT2D eigenvalue weighted by atomic mass is 16.3. The molecule has 0 saturated carbocycles. The van der Waals surface area contributed by atoms with E-state index in [2.05, 4.69) is 165 Å².